The van der Waals surface area contributed by atoms with E-state index in [1.54, 1.807) is 12.1 Å². The Hall–Kier alpha value is -1.59. The topological polar surface area (TPSA) is 67.6 Å². The van der Waals surface area contributed by atoms with Crippen LogP contribution in [0.1, 0.15) is 13.8 Å². The highest BCUT2D eigenvalue weighted by atomic mass is 16.5. The van der Waals surface area contributed by atoms with Crippen LogP contribution in [0.4, 0.5) is 11.4 Å². The average Bonchev–Trinajstić information content (AvgIpc) is 2.38. The van der Waals surface area contributed by atoms with Crippen molar-refractivity contribution in [2.75, 3.05) is 30.7 Å². The molecule has 3 N–H and O–H groups in total. The van der Waals surface area contributed by atoms with Crippen LogP contribution in [-0.4, -0.2) is 42.6 Å². The number of carbonyl (C=O) groups excluding carboxylic acids is 1. The van der Waals surface area contributed by atoms with E-state index in [9.17, 15) is 4.79 Å². The highest BCUT2D eigenvalue weighted by molar-refractivity contribution is 5.94. The SMILES string of the molecule is CC1CN(C(C)C(=O)Nc2cccc(N)c2)CCO1. The van der Waals surface area contributed by atoms with Crippen molar-refractivity contribution in [2.24, 2.45) is 0 Å². The number of ether oxygens (including phenoxy) is 1. The smallest absolute Gasteiger partial charge is 0.241 e. The number of hydrogen-bond acceptors (Lipinski definition) is 4. The minimum Gasteiger partial charge on any atom is -0.399 e. The van der Waals surface area contributed by atoms with Gasteiger partial charge in [0.15, 0.2) is 0 Å². The molecule has 1 amide bonds. The lowest BCUT2D eigenvalue weighted by Gasteiger charge is -2.34. The zero-order valence-corrected chi connectivity index (χ0v) is 11.4. The van der Waals surface area contributed by atoms with Crippen LogP contribution >= 0.6 is 0 Å². The Bertz CT molecular complexity index is 450. The molecule has 5 nitrogen and oxygen atoms in total. The maximum atomic E-state index is 12.2. The third-order valence-electron chi connectivity index (χ3n) is 3.35. The lowest BCUT2D eigenvalue weighted by Crippen LogP contribution is -2.50. The predicted molar refractivity (Wildman–Crippen MR) is 75.9 cm³/mol. The van der Waals surface area contributed by atoms with Gasteiger partial charge in [-0.2, -0.15) is 0 Å². The summed E-state index contributed by atoms with van der Waals surface area (Å²) in [6.45, 7) is 6.19. The summed E-state index contributed by atoms with van der Waals surface area (Å²) in [6, 6.07) is 7.04. The number of morpholine rings is 1. The molecule has 1 heterocycles. The van der Waals surface area contributed by atoms with Gasteiger partial charge in [-0.05, 0) is 32.0 Å². The van der Waals surface area contributed by atoms with E-state index in [-0.39, 0.29) is 18.1 Å². The molecule has 1 aliphatic rings. The monoisotopic (exact) mass is 263 g/mol. The third-order valence-corrected chi connectivity index (χ3v) is 3.35. The highest BCUT2D eigenvalue weighted by Gasteiger charge is 2.25. The lowest BCUT2D eigenvalue weighted by atomic mass is 10.2. The van der Waals surface area contributed by atoms with Crippen molar-refractivity contribution in [3.8, 4) is 0 Å². The van der Waals surface area contributed by atoms with Gasteiger partial charge in [-0.3, -0.25) is 9.69 Å². The van der Waals surface area contributed by atoms with Crippen LogP contribution in [0.25, 0.3) is 0 Å². The molecule has 2 rings (SSSR count). The fourth-order valence-electron chi connectivity index (χ4n) is 2.23. The van der Waals surface area contributed by atoms with Gasteiger partial charge in [-0.1, -0.05) is 6.07 Å². The largest absolute Gasteiger partial charge is 0.399 e. The number of nitrogens with one attached hydrogen (secondary N) is 1. The molecule has 104 valence electrons. The summed E-state index contributed by atoms with van der Waals surface area (Å²) < 4.78 is 5.48. The van der Waals surface area contributed by atoms with Crippen molar-refractivity contribution in [2.45, 2.75) is 26.0 Å². The third kappa shape index (κ3) is 3.68. The highest BCUT2D eigenvalue weighted by Crippen LogP contribution is 2.14. The van der Waals surface area contributed by atoms with Crippen LogP contribution in [0.15, 0.2) is 24.3 Å². The van der Waals surface area contributed by atoms with Gasteiger partial charge in [0.2, 0.25) is 5.91 Å². The Labute approximate surface area is 113 Å². The Morgan fingerprint density at radius 2 is 2.37 bits per heavy atom. The molecule has 0 saturated carbocycles. The second-order valence-corrected chi connectivity index (χ2v) is 4.97. The van der Waals surface area contributed by atoms with E-state index in [4.69, 9.17) is 10.5 Å². The molecule has 1 aliphatic heterocycles. The van der Waals surface area contributed by atoms with Crippen LogP contribution in [-0.2, 0) is 9.53 Å². The minimum absolute atomic E-state index is 0.0142. The zero-order valence-electron chi connectivity index (χ0n) is 11.4. The molecular formula is C14H21N3O2. The van der Waals surface area contributed by atoms with Crippen LogP contribution < -0.4 is 11.1 Å². The normalized spacial score (nSPS) is 21.9. The van der Waals surface area contributed by atoms with Gasteiger partial charge in [-0.25, -0.2) is 0 Å². The first-order valence-electron chi connectivity index (χ1n) is 6.58. The van der Waals surface area contributed by atoms with E-state index in [2.05, 4.69) is 10.2 Å². The first-order chi connectivity index (χ1) is 9.06. The fourth-order valence-corrected chi connectivity index (χ4v) is 2.23. The van der Waals surface area contributed by atoms with Crippen molar-refractivity contribution in [3.05, 3.63) is 24.3 Å². The van der Waals surface area contributed by atoms with Crippen molar-refractivity contribution < 1.29 is 9.53 Å². The van der Waals surface area contributed by atoms with E-state index in [0.29, 0.717) is 12.3 Å². The molecule has 0 radical (unpaired) electrons. The first kappa shape index (κ1) is 13.8. The molecule has 1 aromatic rings. The molecule has 19 heavy (non-hydrogen) atoms. The number of rotatable bonds is 3. The Morgan fingerprint density at radius 3 is 3.05 bits per heavy atom. The minimum atomic E-state index is -0.173. The number of nitrogens with two attached hydrogens (primary N) is 1. The van der Waals surface area contributed by atoms with Gasteiger partial charge >= 0.3 is 0 Å². The summed E-state index contributed by atoms with van der Waals surface area (Å²) >= 11 is 0. The van der Waals surface area contributed by atoms with Gasteiger partial charge in [0.1, 0.15) is 0 Å². The first-order valence-corrected chi connectivity index (χ1v) is 6.58. The van der Waals surface area contributed by atoms with Crippen LogP contribution in [0.5, 0.6) is 0 Å². The van der Waals surface area contributed by atoms with Gasteiger partial charge in [0.05, 0.1) is 18.8 Å². The number of hydrogen-bond donors (Lipinski definition) is 2. The molecular weight excluding hydrogens is 242 g/mol. The fraction of sp³-hybridized carbons (Fsp3) is 0.500. The molecule has 1 aromatic carbocycles. The van der Waals surface area contributed by atoms with E-state index in [1.807, 2.05) is 26.0 Å². The maximum absolute atomic E-state index is 12.2. The molecule has 0 aliphatic carbocycles. The van der Waals surface area contributed by atoms with Crippen molar-refractivity contribution in [1.82, 2.24) is 4.90 Å². The predicted octanol–water partition coefficient (Wildman–Crippen LogP) is 1.32. The quantitative estimate of drug-likeness (QED) is 0.807. The summed E-state index contributed by atoms with van der Waals surface area (Å²) in [5, 5.41) is 2.89. The van der Waals surface area contributed by atoms with Gasteiger partial charge in [0, 0.05) is 24.5 Å². The van der Waals surface area contributed by atoms with Crippen molar-refractivity contribution >= 4 is 17.3 Å². The molecule has 1 saturated heterocycles. The number of benzene rings is 1. The summed E-state index contributed by atoms with van der Waals surface area (Å²) in [4.78, 5) is 14.3. The number of amides is 1. The van der Waals surface area contributed by atoms with Crippen LogP contribution in [0.3, 0.4) is 0 Å². The molecule has 0 bridgehead atoms. The molecule has 0 spiro atoms. The summed E-state index contributed by atoms with van der Waals surface area (Å²) in [6.07, 6.45) is 0.177. The second kappa shape index (κ2) is 6.04. The van der Waals surface area contributed by atoms with E-state index in [1.165, 1.54) is 0 Å². The number of nitrogen functional groups attached to an aromatic ring is 1. The van der Waals surface area contributed by atoms with Crippen molar-refractivity contribution in [1.29, 1.82) is 0 Å². The number of carbonyl (C=O) groups is 1. The van der Waals surface area contributed by atoms with E-state index >= 15 is 0 Å². The molecule has 1 fully saturated rings. The van der Waals surface area contributed by atoms with E-state index < -0.39 is 0 Å². The van der Waals surface area contributed by atoms with Crippen LogP contribution in [0.2, 0.25) is 0 Å². The van der Waals surface area contributed by atoms with Gasteiger partial charge in [0.25, 0.3) is 0 Å². The molecule has 5 heteroatoms. The van der Waals surface area contributed by atoms with Crippen molar-refractivity contribution in [3.63, 3.8) is 0 Å². The summed E-state index contributed by atoms with van der Waals surface area (Å²) in [5.74, 6) is -0.0142. The standard InChI is InChI=1S/C14H21N3O2/c1-10-9-17(6-7-19-10)11(2)14(18)16-13-5-3-4-12(15)8-13/h3-5,8,10-11H,6-7,9,15H2,1-2H3,(H,16,18). The number of nitrogens with zero attached hydrogens (tertiary/aromatic N) is 1. The molecule has 2 atom stereocenters. The van der Waals surface area contributed by atoms with Crippen LogP contribution in [0, 0.1) is 0 Å². The molecule has 0 aromatic heterocycles. The summed E-state index contributed by atoms with van der Waals surface area (Å²) in [5.41, 5.74) is 7.07. The average molecular weight is 263 g/mol. The molecule has 2 unspecified atom stereocenters. The van der Waals surface area contributed by atoms with Gasteiger partial charge in [-0.15, -0.1) is 0 Å². The second-order valence-electron chi connectivity index (χ2n) is 4.97. The lowest BCUT2D eigenvalue weighted by molar-refractivity contribution is -0.123. The summed E-state index contributed by atoms with van der Waals surface area (Å²) in [7, 11) is 0. The Balaban J connectivity index is 1.95. The Morgan fingerprint density at radius 1 is 1.58 bits per heavy atom. The van der Waals surface area contributed by atoms with Gasteiger partial charge < -0.3 is 15.8 Å². The maximum Gasteiger partial charge on any atom is 0.241 e. The van der Waals surface area contributed by atoms with E-state index in [0.717, 1.165) is 18.8 Å². The zero-order chi connectivity index (χ0) is 13.8. The Kier molecular flexibility index (Phi) is 4.39. The number of anilines is 2.